The lowest BCUT2D eigenvalue weighted by molar-refractivity contribution is 0.0686. The van der Waals surface area contributed by atoms with Gasteiger partial charge in [-0.05, 0) is 71.8 Å². The van der Waals surface area contributed by atoms with Gasteiger partial charge in [0.25, 0.3) is 0 Å². The zero-order valence-electron chi connectivity index (χ0n) is 17.9. The van der Waals surface area contributed by atoms with E-state index in [1.54, 1.807) is 12.1 Å². The predicted molar refractivity (Wildman–Crippen MR) is 131 cm³/mol. The molecule has 0 spiro atoms. The molecule has 0 saturated heterocycles. The van der Waals surface area contributed by atoms with Crippen LogP contribution in [0.15, 0.2) is 97.1 Å². The molecule has 0 amide bonds. The third-order valence-corrected chi connectivity index (χ3v) is 4.94. The SMILES string of the molecule is O=C(O)c1cc(C#Cc2ccccc2)cc(-c2cc(C#Cc3ccccc3)cc(C(=O)O)c2)c1. The lowest BCUT2D eigenvalue weighted by atomic mass is 9.96. The normalized spacial score (nSPS) is 9.76. The van der Waals surface area contributed by atoms with Crippen molar-refractivity contribution < 1.29 is 19.8 Å². The summed E-state index contributed by atoms with van der Waals surface area (Å²) in [5.41, 5.74) is 3.84. The molecule has 0 saturated carbocycles. The first-order valence-corrected chi connectivity index (χ1v) is 10.4. The summed E-state index contributed by atoms with van der Waals surface area (Å²) in [5, 5.41) is 19.2. The Hall–Kier alpha value is -5.06. The standard InChI is InChI=1S/C30H18O4/c31-29(32)27-17-23(13-11-21-7-3-1-4-8-21)15-25(19-27)26-16-24(18-28(20-26)30(33)34)14-12-22-9-5-2-6-10-22/h1-10,15-20H,(H,31,32)(H,33,34). The molecule has 4 aromatic rings. The van der Waals surface area contributed by atoms with Gasteiger partial charge in [-0.15, -0.1) is 0 Å². The summed E-state index contributed by atoms with van der Waals surface area (Å²) in [5.74, 6) is 9.88. The van der Waals surface area contributed by atoms with Crippen LogP contribution in [0, 0.1) is 23.7 Å². The van der Waals surface area contributed by atoms with Gasteiger partial charge in [0.1, 0.15) is 0 Å². The van der Waals surface area contributed by atoms with E-state index >= 15 is 0 Å². The van der Waals surface area contributed by atoms with Crippen molar-refractivity contribution in [1.82, 2.24) is 0 Å². The molecule has 0 bridgehead atoms. The molecule has 4 aromatic carbocycles. The molecule has 4 heteroatoms. The Morgan fingerprint density at radius 2 is 0.824 bits per heavy atom. The number of benzene rings is 4. The van der Waals surface area contributed by atoms with Gasteiger partial charge < -0.3 is 10.2 Å². The zero-order valence-corrected chi connectivity index (χ0v) is 17.9. The van der Waals surface area contributed by atoms with Crippen molar-refractivity contribution in [1.29, 1.82) is 0 Å². The molecule has 0 heterocycles. The van der Waals surface area contributed by atoms with E-state index in [9.17, 15) is 19.8 Å². The average Bonchev–Trinajstić information content (AvgIpc) is 2.87. The number of carboxylic acids is 2. The first kappa shape index (κ1) is 22.1. The molecule has 0 fully saturated rings. The highest BCUT2D eigenvalue weighted by Crippen LogP contribution is 2.25. The molecule has 0 aliphatic carbocycles. The van der Waals surface area contributed by atoms with Crippen molar-refractivity contribution in [2.75, 3.05) is 0 Å². The first-order chi connectivity index (χ1) is 16.5. The minimum absolute atomic E-state index is 0.0625. The third kappa shape index (κ3) is 5.59. The van der Waals surface area contributed by atoms with Crippen LogP contribution in [0.1, 0.15) is 43.0 Å². The number of aromatic carboxylic acids is 2. The van der Waals surface area contributed by atoms with Crippen molar-refractivity contribution in [2.45, 2.75) is 0 Å². The Labute approximate surface area is 197 Å². The van der Waals surface area contributed by atoms with Gasteiger partial charge in [-0.2, -0.15) is 0 Å². The average molecular weight is 442 g/mol. The summed E-state index contributed by atoms with van der Waals surface area (Å²) in [6, 6.07) is 28.2. The molecule has 2 N–H and O–H groups in total. The van der Waals surface area contributed by atoms with Crippen LogP contribution in [-0.4, -0.2) is 22.2 Å². The van der Waals surface area contributed by atoms with E-state index in [0.29, 0.717) is 22.3 Å². The predicted octanol–water partition coefficient (Wildman–Crippen LogP) is 5.55. The highest BCUT2D eigenvalue weighted by molar-refractivity contribution is 5.92. The van der Waals surface area contributed by atoms with Crippen LogP contribution < -0.4 is 0 Å². The van der Waals surface area contributed by atoms with Crippen LogP contribution >= 0.6 is 0 Å². The highest BCUT2D eigenvalue weighted by Gasteiger charge is 2.12. The summed E-state index contributed by atoms with van der Waals surface area (Å²) in [6.45, 7) is 0. The van der Waals surface area contributed by atoms with Crippen LogP contribution in [0.2, 0.25) is 0 Å². The minimum Gasteiger partial charge on any atom is -0.478 e. The molecule has 34 heavy (non-hydrogen) atoms. The Bertz CT molecular complexity index is 1380. The molecule has 0 aliphatic rings. The maximum Gasteiger partial charge on any atom is 0.335 e. The zero-order chi connectivity index (χ0) is 23.9. The number of carbonyl (C=O) groups is 2. The van der Waals surface area contributed by atoms with Crippen molar-refractivity contribution >= 4 is 11.9 Å². The number of carboxylic acid groups (broad SMARTS) is 2. The van der Waals surface area contributed by atoms with Gasteiger partial charge in [0.15, 0.2) is 0 Å². The number of rotatable bonds is 3. The molecule has 162 valence electrons. The summed E-state index contributed by atoms with van der Waals surface area (Å²) < 4.78 is 0. The Morgan fingerprint density at radius 1 is 0.471 bits per heavy atom. The van der Waals surface area contributed by atoms with E-state index in [1.165, 1.54) is 24.3 Å². The number of hydrogen-bond donors (Lipinski definition) is 2. The second-order valence-corrected chi connectivity index (χ2v) is 7.44. The highest BCUT2D eigenvalue weighted by atomic mass is 16.4. The van der Waals surface area contributed by atoms with E-state index < -0.39 is 11.9 Å². The summed E-state index contributed by atoms with van der Waals surface area (Å²) in [4.78, 5) is 23.5. The molecular weight excluding hydrogens is 424 g/mol. The van der Waals surface area contributed by atoms with Crippen LogP contribution in [0.4, 0.5) is 0 Å². The van der Waals surface area contributed by atoms with Gasteiger partial charge >= 0.3 is 11.9 Å². The van der Waals surface area contributed by atoms with Crippen LogP contribution in [0.25, 0.3) is 11.1 Å². The van der Waals surface area contributed by atoms with Crippen LogP contribution in [0.3, 0.4) is 0 Å². The molecule has 4 rings (SSSR count). The van der Waals surface area contributed by atoms with E-state index in [0.717, 1.165) is 11.1 Å². The van der Waals surface area contributed by atoms with E-state index in [1.807, 2.05) is 60.7 Å². The van der Waals surface area contributed by atoms with Crippen molar-refractivity contribution in [2.24, 2.45) is 0 Å². The second-order valence-electron chi connectivity index (χ2n) is 7.44. The third-order valence-electron chi connectivity index (χ3n) is 4.94. The minimum atomic E-state index is -1.09. The lowest BCUT2D eigenvalue weighted by Gasteiger charge is -2.08. The maximum atomic E-state index is 11.7. The maximum absolute atomic E-state index is 11.7. The van der Waals surface area contributed by atoms with Crippen molar-refractivity contribution in [3.05, 3.63) is 130 Å². The summed E-state index contributed by atoms with van der Waals surface area (Å²) in [7, 11) is 0. The molecule has 0 aromatic heterocycles. The van der Waals surface area contributed by atoms with E-state index in [-0.39, 0.29) is 11.1 Å². The fourth-order valence-corrected chi connectivity index (χ4v) is 3.31. The topological polar surface area (TPSA) is 74.6 Å². The first-order valence-electron chi connectivity index (χ1n) is 10.4. The number of hydrogen-bond acceptors (Lipinski definition) is 2. The lowest BCUT2D eigenvalue weighted by Crippen LogP contribution is -2.00. The smallest absolute Gasteiger partial charge is 0.335 e. The molecule has 0 unspecified atom stereocenters. The van der Waals surface area contributed by atoms with Crippen molar-refractivity contribution in [3.63, 3.8) is 0 Å². The van der Waals surface area contributed by atoms with Gasteiger partial charge in [-0.1, -0.05) is 60.1 Å². The van der Waals surface area contributed by atoms with Gasteiger partial charge in [0.2, 0.25) is 0 Å². The van der Waals surface area contributed by atoms with E-state index in [2.05, 4.69) is 23.7 Å². The Kier molecular flexibility index (Phi) is 6.54. The van der Waals surface area contributed by atoms with Gasteiger partial charge in [-0.3, -0.25) is 0 Å². The van der Waals surface area contributed by atoms with Crippen molar-refractivity contribution in [3.8, 4) is 34.8 Å². The molecular formula is C30H18O4. The van der Waals surface area contributed by atoms with Gasteiger partial charge in [0.05, 0.1) is 11.1 Å². The van der Waals surface area contributed by atoms with E-state index in [4.69, 9.17) is 0 Å². The van der Waals surface area contributed by atoms with Crippen LogP contribution in [0.5, 0.6) is 0 Å². The Morgan fingerprint density at radius 3 is 1.18 bits per heavy atom. The fourth-order valence-electron chi connectivity index (χ4n) is 3.31. The summed E-state index contributed by atoms with van der Waals surface area (Å²) >= 11 is 0. The Balaban J connectivity index is 1.81. The molecule has 4 nitrogen and oxygen atoms in total. The molecule has 0 radical (unpaired) electrons. The monoisotopic (exact) mass is 442 g/mol. The summed E-state index contributed by atoms with van der Waals surface area (Å²) in [6.07, 6.45) is 0. The fraction of sp³-hybridized carbons (Fsp3) is 0. The molecule has 0 atom stereocenters. The van der Waals surface area contributed by atoms with Gasteiger partial charge in [-0.25, -0.2) is 9.59 Å². The van der Waals surface area contributed by atoms with Gasteiger partial charge in [0, 0.05) is 22.3 Å². The quantitative estimate of drug-likeness (QED) is 0.408. The second kappa shape index (κ2) is 10.0. The van der Waals surface area contributed by atoms with Crippen LogP contribution in [-0.2, 0) is 0 Å². The molecule has 0 aliphatic heterocycles. The largest absolute Gasteiger partial charge is 0.478 e.